The van der Waals surface area contributed by atoms with E-state index in [1.807, 2.05) is 51.8 Å². The molecular formula is C30H36N6O4. The van der Waals surface area contributed by atoms with Crippen LogP contribution in [0.5, 0.6) is 0 Å². The minimum atomic E-state index is -0.430. The highest BCUT2D eigenvalue weighted by Gasteiger charge is 2.41. The first kappa shape index (κ1) is 28.7. The minimum absolute atomic E-state index is 0.129. The van der Waals surface area contributed by atoms with Gasteiger partial charge in [0.1, 0.15) is 0 Å². The predicted octanol–water partition coefficient (Wildman–Crippen LogP) is 2.12. The Hall–Kier alpha value is -4.28. The molecule has 0 radical (unpaired) electrons. The van der Waals surface area contributed by atoms with Gasteiger partial charge in [0.25, 0.3) is 23.6 Å². The molecule has 10 heteroatoms. The Morgan fingerprint density at radius 3 is 1.40 bits per heavy atom. The second-order valence-corrected chi connectivity index (χ2v) is 10.3. The molecule has 0 saturated heterocycles. The first-order valence-corrected chi connectivity index (χ1v) is 13.3. The van der Waals surface area contributed by atoms with Crippen LogP contribution in [0.2, 0.25) is 0 Å². The van der Waals surface area contributed by atoms with Gasteiger partial charge in [-0.05, 0) is 76.4 Å². The fraction of sp³-hybridized carbons (Fsp3) is 0.333. The fourth-order valence-electron chi connectivity index (χ4n) is 4.91. The number of nitrogens with one attached hydrogen (secondary N) is 4. The molecule has 2 aromatic carbocycles. The lowest BCUT2D eigenvalue weighted by Crippen LogP contribution is -2.44. The van der Waals surface area contributed by atoms with Crippen LogP contribution in [-0.4, -0.2) is 74.0 Å². The van der Waals surface area contributed by atoms with Gasteiger partial charge < -0.3 is 21.3 Å². The quantitative estimate of drug-likeness (QED) is 0.340. The molecule has 0 spiro atoms. The largest absolute Gasteiger partial charge is 0.337 e. The number of carbonyl (C=O) groups excluding carboxylic acids is 4. The third kappa shape index (κ3) is 5.68. The molecule has 0 aromatic heterocycles. The molecule has 4 rings (SSSR count). The van der Waals surface area contributed by atoms with Crippen LogP contribution in [-0.2, 0) is 9.59 Å². The van der Waals surface area contributed by atoms with Gasteiger partial charge in [0.2, 0.25) is 0 Å². The number of amides is 4. The van der Waals surface area contributed by atoms with Crippen molar-refractivity contribution in [2.75, 3.05) is 28.2 Å². The van der Waals surface area contributed by atoms with E-state index in [1.165, 1.54) is 0 Å². The van der Waals surface area contributed by atoms with E-state index in [9.17, 15) is 19.2 Å². The summed E-state index contributed by atoms with van der Waals surface area (Å²) in [5, 5.41) is 11.6. The maximum absolute atomic E-state index is 13.2. The van der Waals surface area contributed by atoms with Crippen molar-refractivity contribution in [3.63, 3.8) is 0 Å². The summed E-state index contributed by atoms with van der Waals surface area (Å²) in [5.41, 5.74) is 3.03. The molecule has 2 unspecified atom stereocenters. The molecule has 2 heterocycles. The van der Waals surface area contributed by atoms with E-state index < -0.39 is 11.8 Å². The van der Waals surface area contributed by atoms with Gasteiger partial charge in [-0.1, -0.05) is 38.1 Å². The van der Waals surface area contributed by atoms with E-state index >= 15 is 0 Å². The van der Waals surface area contributed by atoms with E-state index in [4.69, 9.17) is 0 Å². The highest BCUT2D eigenvalue weighted by molar-refractivity contribution is 6.30. The van der Waals surface area contributed by atoms with Gasteiger partial charge in [0, 0.05) is 11.1 Å². The molecule has 4 N–H and O–H groups in total. The van der Waals surface area contributed by atoms with E-state index in [1.54, 1.807) is 48.5 Å². The van der Waals surface area contributed by atoms with Crippen LogP contribution in [0.3, 0.4) is 0 Å². The Morgan fingerprint density at radius 1 is 0.700 bits per heavy atom. The Bertz CT molecular complexity index is 1320. The average molecular weight is 545 g/mol. The normalized spacial score (nSPS) is 16.2. The fourth-order valence-corrected chi connectivity index (χ4v) is 4.91. The molecule has 40 heavy (non-hydrogen) atoms. The lowest BCUT2D eigenvalue weighted by atomic mass is 10.00. The Kier molecular flexibility index (Phi) is 8.51. The Morgan fingerprint density at radius 2 is 1.07 bits per heavy atom. The number of carbonyl (C=O) groups is 4. The van der Waals surface area contributed by atoms with Gasteiger partial charge in [-0.3, -0.25) is 29.0 Å². The molecule has 2 aliphatic rings. The number of hydrogen-bond donors (Lipinski definition) is 4. The number of benzene rings is 2. The van der Waals surface area contributed by atoms with Crippen molar-refractivity contribution in [3.8, 4) is 0 Å². The Balaban J connectivity index is 1.67. The zero-order valence-corrected chi connectivity index (χ0v) is 23.7. The maximum atomic E-state index is 13.2. The standard InChI is InChI=1S/C30H36N6O4/c1-7-21(35(3)4)31-27(37)19-13-9-11-17(15-19)25-23-24(30(40)33-25)26(34-29(23)39)18-12-10-14-20(16-18)28(38)32-22(8-2)36(5)6/h9-16,21-22H,7-8H2,1-6H3,(H,31,37)(H,32,38)(H,33,40)(H,34,39). The van der Waals surface area contributed by atoms with E-state index in [0.717, 1.165) is 12.8 Å². The minimum Gasteiger partial charge on any atom is -0.337 e. The lowest BCUT2D eigenvalue weighted by Gasteiger charge is -2.24. The summed E-state index contributed by atoms with van der Waals surface area (Å²) in [7, 11) is 7.57. The van der Waals surface area contributed by atoms with Crippen LogP contribution in [0.4, 0.5) is 0 Å². The molecular weight excluding hydrogens is 508 g/mol. The van der Waals surface area contributed by atoms with Crippen LogP contribution in [0, 0.1) is 0 Å². The monoisotopic (exact) mass is 544 g/mol. The molecule has 0 bridgehead atoms. The number of rotatable bonds is 10. The van der Waals surface area contributed by atoms with Crippen molar-refractivity contribution in [1.29, 1.82) is 0 Å². The molecule has 210 valence electrons. The molecule has 0 fully saturated rings. The SMILES string of the molecule is CCC(NC(=O)c1cccc(C2=C3C(=O)NC(c4cccc(C(=O)NC(CC)N(C)C)c4)=C3C(=O)N2)c1)N(C)C. The number of nitrogens with zero attached hydrogens (tertiary/aromatic N) is 2. The van der Waals surface area contributed by atoms with E-state index in [2.05, 4.69) is 21.3 Å². The second-order valence-electron chi connectivity index (χ2n) is 10.3. The summed E-state index contributed by atoms with van der Waals surface area (Å²) in [6.45, 7) is 3.97. The lowest BCUT2D eigenvalue weighted by molar-refractivity contribution is -0.117. The summed E-state index contributed by atoms with van der Waals surface area (Å²) >= 11 is 0. The van der Waals surface area contributed by atoms with Crippen LogP contribution < -0.4 is 21.3 Å². The Labute approximate surface area is 234 Å². The van der Waals surface area contributed by atoms with Crippen LogP contribution >= 0.6 is 0 Å². The molecule has 0 saturated carbocycles. The smallest absolute Gasteiger partial charge is 0.258 e. The van der Waals surface area contributed by atoms with Gasteiger partial charge >= 0.3 is 0 Å². The van der Waals surface area contributed by atoms with Gasteiger partial charge in [-0.2, -0.15) is 0 Å². The average Bonchev–Trinajstić information content (AvgIpc) is 3.47. The van der Waals surface area contributed by atoms with E-state index in [-0.39, 0.29) is 35.3 Å². The van der Waals surface area contributed by atoms with Crippen molar-refractivity contribution in [2.45, 2.75) is 39.0 Å². The van der Waals surface area contributed by atoms with Crippen LogP contribution in [0.1, 0.15) is 58.5 Å². The first-order chi connectivity index (χ1) is 19.0. The van der Waals surface area contributed by atoms with Gasteiger partial charge in [0.15, 0.2) is 0 Å². The zero-order valence-electron chi connectivity index (χ0n) is 23.7. The molecule has 10 nitrogen and oxygen atoms in total. The predicted molar refractivity (Wildman–Crippen MR) is 153 cm³/mol. The molecule has 2 aliphatic heterocycles. The maximum Gasteiger partial charge on any atom is 0.258 e. The van der Waals surface area contributed by atoms with Crippen molar-refractivity contribution in [1.82, 2.24) is 31.1 Å². The van der Waals surface area contributed by atoms with Crippen molar-refractivity contribution in [3.05, 3.63) is 81.9 Å². The summed E-state index contributed by atoms with van der Waals surface area (Å²) in [6, 6.07) is 13.6. The topological polar surface area (TPSA) is 123 Å². The number of hydrogen-bond acceptors (Lipinski definition) is 6. The van der Waals surface area contributed by atoms with E-state index in [0.29, 0.717) is 33.6 Å². The van der Waals surface area contributed by atoms with Crippen molar-refractivity contribution >= 4 is 35.0 Å². The van der Waals surface area contributed by atoms with Gasteiger partial charge in [-0.25, -0.2) is 0 Å². The summed E-state index contributed by atoms with van der Waals surface area (Å²) < 4.78 is 0. The number of fused-ring (bicyclic) bond motifs is 1. The molecule has 4 amide bonds. The van der Waals surface area contributed by atoms with Gasteiger partial charge in [-0.15, -0.1) is 0 Å². The highest BCUT2D eigenvalue weighted by Crippen LogP contribution is 2.37. The molecule has 0 aliphatic carbocycles. The van der Waals surface area contributed by atoms with Crippen molar-refractivity contribution in [2.24, 2.45) is 0 Å². The molecule has 2 atom stereocenters. The first-order valence-electron chi connectivity index (χ1n) is 13.3. The van der Waals surface area contributed by atoms with Crippen LogP contribution in [0.15, 0.2) is 59.7 Å². The third-order valence-corrected chi connectivity index (χ3v) is 7.12. The third-order valence-electron chi connectivity index (χ3n) is 7.12. The summed E-state index contributed by atoms with van der Waals surface area (Å²) in [6.07, 6.45) is 1.21. The summed E-state index contributed by atoms with van der Waals surface area (Å²) in [5.74, 6) is -1.36. The van der Waals surface area contributed by atoms with Crippen LogP contribution in [0.25, 0.3) is 11.4 Å². The zero-order chi connectivity index (χ0) is 29.1. The summed E-state index contributed by atoms with van der Waals surface area (Å²) in [4.78, 5) is 56.0. The second kappa shape index (κ2) is 11.8. The highest BCUT2D eigenvalue weighted by atomic mass is 16.2. The van der Waals surface area contributed by atoms with Gasteiger partial charge in [0.05, 0.1) is 34.9 Å². The van der Waals surface area contributed by atoms with Crippen molar-refractivity contribution < 1.29 is 19.2 Å². The molecule has 2 aromatic rings.